The predicted molar refractivity (Wildman–Crippen MR) is 76.1 cm³/mol. The number of nitrogens with one attached hydrogen (secondary N) is 1. The van der Waals surface area contributed by atoms with E-state index in [4.69, 9.17) is 17.4 Å². The summed E-state index contributed by atoms with van der Waals surface area (Å²) in [5.41, 5.74) is 5.16. The SMILES string of the molecule is CCc1c(C)nc(-c2ccc(O)c(Cl)c2)nc1NN. The van der Waals surface area contributed by atoms with E-state index in [1.54, 1.807) is 12.1 Å². The van der Waals surface area contributed by atoms with Crippen LogP contribution in [-0.4, -0.2) is 15.1 Å². The van der Waals surface area contributed by atoms with Gasteiger partial charge in [-0.2, -0.15) is 0 Å². The Hall–Kier alpha value is -1.85. The second kappa shape index (κ2) is 5.42. The van der Waals surface area contributed by atoms with Crippen molar-refractivity contribution >= 4 is 17.4 Å². The zero-order valence-corrected chi connectivity index (χ0v) is 11.5. The Morgan fingerprint density at radius 3 is 2.68 bits per heavy atom. The molecule has 1 heterocycles. The van der Waals surface area contributed by atoms with Crippen molar-refractivity contribution in [1.82, 2.24) is 9.97 Å². The van der Waals surface area contributed by atoms with Gasteiger partial charge in [0.2, 0.25) is 0 Å². The number of rotatable bonds is 3. The highest BCUT2D eigenvalue weighted by Crippen LogP contribution is 2.29. The number of phenols is 1. The van der Waals surface area contributed by atoms with Crippen LogP contribution in [0, 0.1) is 6.92 Å². The first-order valence-corrected chi connectivity index (χ1v) is 6.27. The van der Waals surface area contributed by atoms with Gasteiger partial charge in [-0.25, -0.2) is 15.8 Å². The van der Waals surface area contributed by atoms with Crippen LogP contribution in [0.1, 0.15) is 18.2 Å². The van der Waals surface area contributed by atoms with Crippen LogP contribution in [-0.2, 0) is 6.42 Å². The Kier molecular flexibility index (Phi) is 3.87. The average Bonchev–Trinajstić information content (AvgIpc) is 2.40. The summed E-state index contributed by atoms with van der Waals surface area (Å²) >= 11 is 5.89. The highest BCUT2D eigenvalue weighted by atomic mass is 35.5. The summed E-state index contributed by atoms with van der Waals surface area (Å²) in [6.45, 7) is 3.93. The van der Waals surface area contributed by atoms with Crippen LogP contribution in [0.4, 0.5) is 5.82 Å². The van der Waals surface area contributed by atoms with Gasteiger partial charge in [-0.1, -0.05) is 18.5 Å². The molecule has 0 radical (unpaired) electrons. The number of aromatic hydroxyl groups is 1. The Bertz CT molecular complexity index is 616. The number of phenolic OH excluding ortho intramolecular Hbond substituents is 1. The smallest absolute Gasteiger partial charge is 0.161 e. The number of nitrogen functional groups attached to an aromatic ring is 1. The van der Waals surface area contributed by atoms with Gasteiger partial charge in [0.1, 0.15) is 11.6 Å². The molecule has 0 aliphatic heterocycles. The topological polar surface area (TPSA) is 84.1 Å². The Labute approximate surface area is 116 Å². The van der Waals surface area contributed by atoms with Gasteiger partial charge < -0.3 is 10.5 Å². The Morgan fingerprint density at radius 2 is 2.11 bits per heavy atom. The summed E-state index contributed by atoms with van der Waals surface area (Å²) < 4.78 is 0. The monoisotopic (exact) mass is 278 g/mol. The standard InChI is InChI=1S/C13H15ClN4O/c1-3-9-7(2)16-12(17-13(9)18-15)8-4-5-11(19)10(14)6-8/h4-6,19H,3,15H2,1-2H3,(H,16,17,18). The van der Waals surface area contributed by atoms with Crippen molar-refractivity contribution in [3.05, 3.63) is 34.5 Å². The normalized spacial score (nSPS) is 10.5. The third-order valence-electron chi connectivity index (χ3n) is 2.91. The Morgan fingerprint density at radius 1 is 1.37 bits per heavy atom. The van der Waals surface area contributed by atoms with Crippen LogP contribution in [0.3, 0.4) is 0 Å². The molecule has 0 saturated heterocycles. The number of nitrogens with two attached hydrogens (primary N) is 1. The minimum Gasteiger partial charge on any atom is -0.506 e. The molecule has 0 aliphatic carbocycles. The van der Waals surface area contributed by atoms with Gasteiger partial charge >= 0.3 is 0 Å². The maximum atomic E-state index is 9.42. The Balaban J connectivity index is 2.56. The molecule has 0 amide bonds. The lowest BCUT2D eigenvalue weighted by Crippen LogP contribution is -2.13. The summed E-state index contributed by atoms with van der Waals surface area (Å²) in [4.78, 5) is 8.82. The van der Waals surface area contributed by atoms with Crippen LogP contribution in [0.15, 0.2) is 18.2 Å². The van der Waals surface area contributed by atoms with Gasteiger partial charge in [-0.15, -0.1) is 0 Å². The number of hydrazine groups is 1. The van der Waals surface area contributed by atoms with Crippen molar-refractivity contribution in [2.75, 3.05) is 5.43 Å². The van der Waals surface area contributed by atoms with Crippen LogP contribution in [0.25, 0.3) is 11.4 Å². The lowest BCUT2D eigenvalue weighted by atomic mass is 10.1. The lowest BCUT2D eigenvalue weighted by molar-refractivity contribution is 0.475. The van der Waals surface area contributed by atoms with E-state index in [-0.39, 0.29) is 10.8 Å². The van der Waals surface area contributed by atoms with Gasteiger partial charge in [-0.05, 0) is 31.5 Å². The fourth-order valence-corrected chi connectivity index (χ4v) is 2.09. The van der Waals surface area contributed by atoms with Crippen LogP contribution in [0.5, 0.6) is 5.75 Å². The molecule has 0 saturated carbocycles. The van der Waals surface area contributed by atoms with Crippen molar-refractivity contribution < 1.29 is 5.11 Å². The van der Waals surface area contributed by atoms with E-state index in [2.05, 4.69) is 15.4 Å². The van der Waals surface area contributed by atoms with Crippen molar-refractivity contribution in [2.24, 2.45) is 5.84 Å². The number of anilines is 1. The molecule has 0 fully saturated rings. The number of aryl methyl sites for hydroxylation is 1. The highest BCUT2D eigenvalue weighted by molar-refractivity contribution is 6.32. The number of nitrogens with zero attached hydrogens (tertiary/aromatic N) is 2. The van der Waals surface area contributed by atoms with E-state index in [9.17, 15) is 5.11 Å². The molecule has 0 unspecified atom stereocenters. The van der Waals surface area contributed by atoms with E-state index in [1.165, 1.54) is 6.07 Å². The summed E-state index contributed by atoms with van der Waals surface area (Å²) in [5.74, 6) is 6.65. The van der Waals surface area contributed by atoms with Crippen LogP contribution < -0.4 is 11.3 Å². The van der Waals surface area contributed by atoms with Crippen LogP contribution in [0.2, 0.25) is 5.02 Å². The van der Waals surface area contributed by atoms with E-state index in [0.717, 1.165) is 23.2 Å². The van der Waals surface area contributed by atoms with E-state index in [0.29, 0.717) is 11.6 Å². The average molecular weight is 279 g/mol. The third kappa shape index (κ3) is 2.62. The molecule has 19 heavy (non-hydrogen) atoms. The van der Waals surface area contributed by atoms with E-state index < -0.39 is 0 Å². The van der Waals surface area contributed by atoms with E-state index >= 15 is 0 Å². The molecule has 0 atom stereocenters. The third-order valence-corrected chi connectivity index (χ3v) is 3.21. The summed E-state index contributed by atoms with van der Waals surface area (Å²) in [5, 5.41) is 9.69. The van der Waals surface area contributed by atoms with Gasteiger partial charge in [0.15, 0.2) is 5.82 Å². The fourth-order valence-electron chi connectivity index (χ4n) is 1.91. The molecule has 6 heteroatoms. The molecule has 0 bridgehead atoms. The summed E-state index contributed by atoms with van der Waals surface area (Å²) in [6, 6.07) is 4.85. The second-order valence-corrected chi connectivity index (χ2v) is 4.53. The molecule has 2 aromatic rings. The number of hydrogen-bond acceptors (Lipinski definition) is 5. The van der Waals surface area contributed by atoms with Crippen LogP contribution >= 0.6 is 11.6 Å². The maximum Gasteiger partial charge on any atom is 0.161 e. The molecule has 1 aromatic heterocycles. The molecule has 4 N–H and O–H groups in total. The summed E-state index contributed by atoms with van der Waals surface area (Å²) in [6.07, 6.45) is 0.794. The van der Waals surface area contributed by atoms with E-state index in [1.807, 2.05) is 13.8 Å². The van der Waals surface area contributed by atoms with Crippen molar-refractivity contribution in [1.29, 1.82) is 0 Å². The van der Waals surface area contributed by atoms with Gasteiger partial charge in [0, 0.05) is 16.8 Å². The van der Waals surface area contributed by atoms with Crippen molar-refractivity contribution in [3.63, 3.8) is 0 Å². The molecule has 1 aromatic carbocycles. The fraction of sp³-hybridized carbons (Fsp3) is 0.231. The molecule has 5 nitrogen and oxygen atoms in total. The minimum absolute atomic E-state index is 0.0319. The molecule has 0 aliphatic rings. The quantitative estimate of drug-likeness (QED) is 0.594. The van der Waals surface area contributed by atoms with Gasteiger partial charge in [0.25, 0.3) is 0 Å². The number of halogens is 1. The van der Waals surface area contributed by atoms with Gasteiger partial charge in [-0.3, -0.25) is 0 Å². The first-order valence-electron chi connectivity index (χ1n) is 5.89. The zero-order chi connectivity index (χ0) is 14.0. The molecular formula is C13H15ClN4O. The molecule has 100 valence electrons. The van der Waals surface area contributed by atoms with Crippen molar-refractivity contribution in [3.8, 4) is 17.1 Å². The zero-order valence-electron chi connectivity index (χ0n) is 10.7. The second-order valence-electron chi connectivity index (χ2n) is 4.12. The largest absolute Gasteiger partial charge is 0.506 e. The minimum atomic E-state index is 0.0319. The molecule has 2 rings (SSSR count). The highest BCUT2D eigenvalue weighted by Gasteiger charge is 2.11. The predicted octanol–water partition coefficient (Wildman–Crippen LogP) is 2.66. The first kappa shape index (κ1) is 13.6. The maximum absolute atomic E-state index is 9.42. The van der Waals surface area contributed by atoms with Gasteiger partial charge in [0.05, 0.1) is 5.02 Å². The number of hydrogen-bond donors (Lipinski definition) is 3. The first-order chi connectivity index (χ1) is 9.06. The number of aromatic nitrogens is 2. The number of benzene rings is 1. The van der Waals surface area contributed by atoms with Crippen molar-refractivity contribution in [2.45, 2.75) is 20.3 Å². The molecular weight excluding hydrogens is 264 g/mol. The molecule has 0 spiro atoms. The lowest BCUT2D eigenvalue weighted by Gasteiger charge is -2.11. The summed E-state index contributed by atoms with van der Waals surface area (Å²) in [7, 11) is 0.